The monoisotopic (exact) mass is 562 g/mol. The van der Waals surface area contributed by atoms with Crippen molar-refractivity contribution in [2.75, 3.05) is 5.75 Å². The Morgan fingerprint density at radius 3 is 1.70 bits per heavy atom. The van der Waals surface area contributed by atoms with Gasteiger partial charge in [-0.05, 0) is 131 Å². The van der Waals surface area contributed by atoms with Crippen LogP contribution in [-0.2, 0) is 30.8 Å². The minimum atomic E-state index is 0.378. The topological polar surface area (TPSA) is 61.4 Å². The van der Waals surface area contributed by atoms with Gasteiger partial charge in [-0.3, -0.25) is 0 Å². The molecule has 1 aliphatic heterocycles. The normalized spacial score (nSPS) is 40.9. The highest BCUT2D eigenvalue weighted by Crippen LogP contribution is 2.61. The maximum Gasteiger partial charge on any atom is 0.190 e. The molecule has 2 aromatic heterocycles. The Hall–Kier alpha value is -1.37. The summed E-state index contributed by atoms with van der Waals surface area (Å²) < 4.78 is 4.85. The van der Waals surface area contributed by atoms with Crippen molar-refractivity contribution >= 4 is 11.8 Å². The molecular weight excluding hydrogens is 512 g/mol. The highest BCUT2D eigenvalue weighted by molar-refractivity contribution is 7.99. The molecule has 8 bridgehead atoms. The van der Waals surface area contributed by atoms with E-state index >= 15 is 0 Å². The Labute approximate surface area is 245 Å². The Balaban J connectivity index is 0.000000123. The van der Waals surface area contributed by atoms with Crippen LogP contribution < -0.4 is 0 Å². The van der Waals surface area contributed by atoms with Gasteiger partial charge in [-0.25, -0.2) is 0 Å². The van der Waals surface area contributed by atoms with Crippen LogP contribution in [-0.4, -0.2) is 35.3 Å². The van der Waals surface area contributed by atoms with E-state index < -0.39 is 0 Å². The summed E-state index contributed by atoms with van der Waals surface area (Å²) in [6, 6.07) is 0. The number of thioether (sulfide) groups is 1. The number of fused-ring (bicyclic) bond motifs is 1. The SMILES string of the molecule is C1CCCn2c(nnc2C23CC4CC(CC(C4)C2)C3)CC1.CCSc1nnc(C23CC4CC(CC(C4)C2)C3)n1C. The lowest BCUT2D eigenvalue weighted by molar-refractivity contribution is -0.0113. The fraction of sp³-hybridized carbons (Fsp3) is 0.879. The fourth-order valence-corrected chi connectivity index (χ4v) is 12.5. The van der Waals surface area contributed by atoms with Gasteiger partial charge in [0.2, 0.25) is 0 Å². The van der Waals surface area contributed by atoms with Crippen LogP contribution in [0, 0.1) is 35.5 Å². The minimum Gasteiger partial charge on any atom is -0.315 e. The van der Waals surface area contributed by atoms with Crippen molar-refractivity contribution in [2.24, 2.45) is 42.6 Å². The fourth-order valence-electron chi connectivity index (χ4n) is 11.9. The van der Waals surface area contributed by atoms with E-state index in [1.54, 1.807) is 0 Å². The van der Waals surface area contributed by atoms with Crippen LogP contribution >= 0.6 is 11.8 Å². The zero-order chi connectivity index (χ0) is 26.9. The molecule has 0 radical (unpaired) electrons. The van der Waals surface area contributed by atoms with Gasteiger partial charge < -0.3 is 9.13 Å². The lowest BCUT2D eigenvalue weighted by atomic mass is 9.49. The molecule has 8 aliphatic carbocycles. The Kier molecular flexibility index (Phi) is 6.65. The number of hydrogen-bond donors (Lipinski definition) is 0. The first-order valence-corrected chi connectivity index (χ1v) is 18.0. The van der Waals surface area contributed by atoms with Gasteiger partial charge in [0.15, 0.2) is 5.16 Å². The van der Waals surface area contributed by atoms with E-state index in [-0.39, 0.29) is 0 Å². The molecule has 218 valence electrons. The predicted molar refractivity (Wildman–Crippen MR) is 159 cm³/mol. The molecule has 0 amide bonds. The summed E-state index contributed by atoms with van der Waals surface area (Å²) >= 11 is 1.82. The van der Waals surface area contributed by atoms with Crippen LogP contribution in [0.5, 0.6) is 0 Å². The second-order valence-electron chi connectivity index (χ2n) is 15.4. The van der Waals surface area contributed by atoms with E-state index in [0.717, 1.165) is 52.8 Å². The molecule has 9 aliphatic rings. The summed E-state index contributed by atoms with van der Waals surface area (Å²) in [5.41, 5.74) is 0.794. The maximum atomic E-state index is 4.78. The van der Waals surface area contributed by atoms with E-state index in [2.05, 4.69) is 38.4 Å². The Morgan fingerprint density at radius 2 is 1.15 bits per heavy atom. The van der Waals surface area contributed by atoms with Crippen LogP contribution in [0.2, 0.25) is 0 Å². The first-order chi connectivity index (χ1) is 19.5. The molecule has 7 heteroatoms. The highest BCUT2D eigenvalue weighted by atomic mass is 32.2. The minimum absolute atomic E-state index is 0.378. The zero-order valence-corrected chi connectivity index (χ0v) is 25.8. The number of hydrogen-bond acceptors (Lipinski definition) is 5. The van der Waals surface area contributed by atoms with E-state index in [4.69, 9.17) is 5.10 Å². The van der Waals surface area contributed by atoms with Crippen molar-refractivity contribution in [1.29, 1.82) is 0 Å². The average Bonchev–Trinajstić information content (AvgIpc) is 3.46. The third kappa shape index (κ3) is 4.41. The largest absolute Gasteiger partial charge is 0.315 e. The molecule has 6 nitrogen and oxygen atoms in total. The Bertz CT molecular complexity index is 1160. The van der Waals surface area contributed by atoms with Crippen LogP contribution in [0.4, 0.5) is 0 Å². The van der Waals surface area contributed by atoms with E-state index in [0.29, 0.717) is 10.8 Å². The van der Waals surface area contributed by atoms with Crippen LogP contribution in [0.3, 0.4) is 0 Å². The molecule has 0 unspecified atom stereocenters. The molecule has 3 heterocycles. The van der Waals surface area contributed by atoms with Crippen LogP contribution in [0.1, 0.15) is 127 Å². The van der Waals surface area contributed by atoms with Gasteiger partial charge in [-0.15, -0.1) is 20.4 Å². The number of rotatable bonds is 4. The third-order valence-corrected chi connectivity index (χ3v) is 13.4. The molecule has 8 fully saturated rings. The van der Waals surface area contributed by atoms with Crippen molar-refractivity contribution in [3.05, 3.63) is 17.5 Å². The van der Waals surface area contributed by atoms with Gasteiger partial charge >= 0.3 is 0 Å². The van der Waals surface area contributed by atoms with Crippen LogP contribution in [0.25, 0.3) is 0 Å². The standard InChI is InChI=1S/C18H27N3.C15H23N3S/c1-2-4-6-21-16(5-3-1)19-20-17(21)18-10-13-7-14(11-18)9-15(8-13)12-18;1-3-19-14-17-16-13(18(14)2)15-7-10-4-11(8-15)6-12(5-10)9-15/h13-15H,1-12H2;10-12H,3-9H2,1-2H3. The maximum absolute atomic E-state index is 4.78. The van der Waals surface area contributed by atoms with Crippen LogP contribution in [0.15, 0.2) is 5.16 Å². The summed E-state index contributed by atoms with van der Waals surface area (Å²) in [6.45, 7) is 3.36. The summed E-state index contributed by atoms with van der Waals surface area (Å²) in [6.07, 6.45) is 23.9. The van der Waals surface area contributed by atoms with E-state index in [1.807, 2.05) is 11.8 Å². The number of aromatic nitrogens is 6. The average molecular weight is 563 g/mol. The molecule has 40 heavy (non-hydrogen) atoms. The first-order valence-electron chi connectivity index (χ1n) is 17.0. The molecule has 0 aromatic carbocycles. The molecule has 0 saturated heterocycles. The molecule has 0 atom stereocenters. The molecule has 11 rings (SSSR count). The molecular formula is C33H50N6S. The van der Waals surface area contributed by atoms with Crippen molar-refractivity contribution in [3.8, 4) is 0 Å². The van der Waals surface area contributed by atoms with Crippen molar-refractivity contribution < 1.29 is 0 Å². The van der Waals surface area contributed by atoms with E-state index in [1.165, 1.54) is 127 Å². The Morgan fingerprint density at radius 1 is 0.650 bits per heavy atom. The van der Waals surface area contributed by atoms with Gasteiger partial charge in [0.05, 0.1) is 0 Å². The quantitative estimate of drug-likeness (QED) is 0.367. The van der Waals surface area contributed by atoms with Gasteiger partial charge in [-0.2, -0.15) is 0 Å². The van der Waals surface area contributed by atoms with Gasteiger partial charge in [-0.1, -0.05) is 31.5 Å². The number of aryl methyl sites for hydroxylation is 1. The predicted octanol–water partition coefficient (Wildman–Crippen LogP) is 7.26. The molecule has 0 spiro atoms. The molecule has 0 N–H and O–H groups in total. The second-order valence-corrected chi connectivity index (χ2v) is 16.7. The van der Waals surface area contributed by atoms with Gasteiger partial charge in [0.1, 0.15) is 17.5 Å². The van der Waals surface area contributed by atoms with Gasteiger partial charge in [0.25, 0.3) is 0 Å². The first kappa shape index (κ1) is 26.3. The smallest absolute Gasteiger partial charge is 0.190 e. The molecule has 8 saturated carbocycles. The summed E-state index contributed by atoms with van der Waals surface area (Å²) in [5.74, 6) is 11.0. The van der Waals surface area contributed by atoms with Crippen molar-refractivity contribution in [1.82, 2.24) is 29.5 Å². The summed E-state index contributed by atoms with van der Waals surface area (Å²) in [7, 11) is 2.17. The summed E-state index contributed by atoms with van der Waals surface area (Å²) in [4.78, 5) is 0. The molecule has 2 aromatic rings. The number of nitrogens with zero attached hydrogens (tertiary/aromatic N) is 6. The van der Waals surface area contributed by atoms with E-state index in [9.17, 15) is 0 Å². The zero-order valence-electron chi connectivity index (χ0n) is 25.0. The highest BCUT2D eigenvalue weighted by Gasteiger charge is 2.55. The summed E-state index contributed by atoms with van der Waals surface area (Å²) in [5, 5.41) is 19.6. The van der Waals surface area contributed by atoms with Crippen molar-refractivity contribution in [2.45, 2.75) is 139 Å². The lowest BCUT2D eigenvalue weighted by Crippen LogP contribution is -2.49. The second kappa shape index (κ2) is 10.1. The van der Waals surface area contributed by atoms with Gasteiger partial charge in [0, 0.05) is 30.8 Å². The van der Waals surface area contributed by atoms with Crippen molar-refractivity contribution in [3.63, 3.8) is 0 Å². The third-order valence-electron chi connectivity index (χ3n) is 12.5. The lowest BCUT2D eigenvalue weighted by Gasteiger charge is -2.56.